The molecule has 2 N–H and O–H groups in total. The summed E-state index contributed by atoms with van der Waals surface area (Å²) in [5.41, 5.74) is 5.32. The number of carbonyl (C=O) groups is 1. The molecule has 1 aliphatic heterocycles. The van der Waals surface area contributed by atoms with Gasteiger partial charge in [-0.25, -0.2) is 0 Å². The molecule has 24 heavy (non-hydrogen) atoms. The van der Waals surface area contributed by atoms with E-state index in [0.717, 1.165) is 28.6 Å². The van der Waals surface area contributed by atoms with Crippen molar-refractivity contribution in [2.75, 3.05) is 6.54 Å². The number of H-pyrrole nitrogens is 1. The molecule has 3 aromatic carbocycles. The van der Waals surface area contributed by atoms with Crippen molar-refractivity contribution in [2.45, 2.75) is 6.42 Å². The number of aromatic nitrogens is 1. The van der Waals surface area contributed by atoms with Gasteiger partial charge in [0.25, 0.3) is 5.91 Å². The first-order valence-corrected chi connectivity index (χ1v) is 8.22. The Bertz CT molecular complexity index is 1110. The highest BCUT2D eigenvalue weighted by Crippen LogP contribution is 2.35. The van der Waals surface area contributed by atoms with Gasteiger partial charge < -0.3 is 10.3 Å². The number of amides is 1. The molecule has 0 unspecified atom stereocenters. The van der Waals surface area contributed by atoms with E-state index in [-0.39, 0.29) is 5.91 Å². The van der Waals surface area contributed by atoms with Crippen molar-refractivity contribution < 1.29 is 4.79 Å². The monoisotopic (exact) mass is 312 g/mol. The fourth-order valence-corrected chi connectivity index (χ4v) is 3.74. The molecule has 3 nitrogen and oxygen atoms in total. The zero-order chi connectivity index (χ0) is 16.1. The molecule has 1 aliphatic rings. The van der Waals surface area contributed by atoms with Crippen LogP contribution in [0.5, 0.6) is 0 Å². The van der Waals surface area contributed by atoms with Crippen molar-refractivity contribution in [1.82, 2.24) is 10.3 Å². The third kappa shape index (κ3) is 1.88. The standard InChI is InChI=1S/C21H16N2O/c24-21-17-6-3-7-18-19(17)16(10-11-22-21)20(23-18)15-9-8-13-4-1-2-5-14(13)12-15/h1-9,12,23H,10-11H2,(H,22,24). The van der Waals surface area contributed by atoms with E-state index < -0.39 is 0 Å². The third-order valence-electron chi connectivity index (χ3n) is 4.87. The molecule has 1 amide bonds. The number of rotatable bonds is 1. The quantitative estimate of drug-likeness (QED) is 0.541. The Balaban J connectivity index is 1.81. The molecular formula is C21H16N2O. The molecule has 0 fully saturated rings. The summed E-state index contributed by atoms with van der Waals surface area (Å²) >= 11 is 0. The summed E-state index contributed by atoms with van der Waals surface area (Å²) in [5.74, 6) is 0.0170. The van der Waals surface area contributed by atoms with Crippen molar-refractivity contribution in [3.8, 4) is 11.3 Å². The maximum absolute atomic E-state index is 12.3. The summed E-state index contributed by atoms with van der Waals surface area (Å²) in [6, 6.07) is 20.8. The lowest BCUT2D eigenvalue weighted by Gasteiger charge is -2.06. The second-order valence-corrected chi connectivity index (χ2v) is 6.27. The summed E-state index contributed by atoms with van der Waals surface area (Å²) in [6.45, 7) is 0.668. The average molecular weight is 312 g/mol. The normalized spacial score (nSPS) is 13.9. The molecule has 0 saturated heterocycles. The van der Waals surface area contributed by atoms with Gasteiger partial charge in [0, 0.05) is 28.7 Å². The van der Waals surface area contributed by atoms with Crippen molar-refractivity contribution in [2.24, 2.45) is 0 Å². The molecule has 5 rings (SSSR count). The molecule has 0 atom stereocenters. The SMILES string of the molecule is O=C1NCCc2c(-c3ccc4ccccc4c3)[nH]c3cccc1c23. The van der Waals surface area contributed by atoms with Crippen LogP contribution in [-0.2, 0) is 6.42 Å². The summed E-state index contributed by atoms with van der Waals surface area (Å²) < 4.78 is 0. The van der Waals surface area contributed by atoms with Gasteiger partial charge in [-0.3, -0.25) is 4.79 Å². The van der Waals surface area contributed by atoms with E-state index in [4.69, 9.17) is 0 Å². The number of benzene rings is 3. The van der Waals surface area contributed by atoms with Gasteiger partial charge in [-0.1, -0.05) is 42.5 Å². The molecule has 0 radical (unpaired) electrons. The highest BCUT2D eigenvalue weighted by Gasteiger charge is 2.21. The molecule has 0 bridgehead atoms. The van der Waals surface area contributed by atoms with E-state index in [9.17, 15) is 4.79 Å². The molecule has 2 heterocycles. The van der Waals surface area contributed by atoms with Crippen LogP contribution in [0.2, 0.25) is 0 Å². The van der Waals surface area contributed by atoms with Gasteiger partial charge in [-0.05, 0) is 46.5 Å². The molecule has 0 spiro atoms. The van der Waals surface area contributed by atoms with Gasteiger partial charge in [0.2, 0.25) is 0 Å². The lowest BCUT2D eigenvalue weighted by Crippen LogP contribution is -2.23. The summed E-state index contributed by atoms with van der Waals surface area (Å²) in [7, 11) is 0. The minimum Gasteiger partial charge on any atom is -0.354 e. The highest BCUT2D eigenvalue weighted by atomic mass is 16.1. The summed E-state index contributed by atoms with van der Waals surface area (Å²) in [4.78, 5) is 15.8. The summed E-state index contributed by atoms with van der Waals surface area (Å²) in [5, 5.41) is 6.52. The fraction of sp³-hybridized carbons (Fsp3) is 0.0952. The van der Waals surface area contributed by atoms with Crippen LogP contribution in [0.3, 0.4) is 0 Å². The molecule has 116 valence electrons. The number of nitrogens with one attached hydrogen (secondary N) is 2. The van der Waals surface area contributed by atoms with Crippen molar-refractivity contribution in [3.63, 3.8) is 0 Å². The molecule has 4 aromatic rings. The van der Waals surface area contributed by atoms with Crippen molar-refractivity contribution in [1.29, 1.82) is 0 Å². The van der Waals surface area contributed by atoms with E-state index >= 15 is 0 Å². The Labute approximate surface area is 139 Å². The Morgan fingerprint density at radius 2 is 1.75 bits per heavy atom. The van der Waals surface area contributed by atoms with Crippen LogP contribution in [-0.4, -0.2) is 17.4 Å². The molecule has 3 heteroatoms. The van der Waals surface area contributed by atoms with Crippen molar-refractivity contribution >= 4 is 27.6 Å². The van der Waals surface area contributed by atoms with Gasteiger partial charge in [-0.15, -0.1) is 0 Å². The van der Waals surface area contributed by atoms with Gasteiger partial charge in [0.05, 0.1) is 0 Å². The van der Waals surface area contributed by atoms with Gasteiger partial charge >= 0.3 is 0 Å². The maximum atomic E-state index is 12.3. The van der Waals surface area contributed by atoms with E-state index in [2.05, 4.69) is 52.8 Å². The third-order valence-corrected chi connectivity index (χ3v) is 4.87. The zero-order valence-corrected chi connectivity index (χ0v) is 13.1. The van der Waals surface area contributed by atoms with Crippen LogP contribution >= 0.6 is 0 Å². The first-order valence-electron chi connectivity index (χ1n) is 8.22. The fourth-order valence-electron chi connectivity index (χ4n) is 3.74. The largest absolute Gasteiger partial charge is 0.354 e. The lowest BCUT2D eigenvalue weighted by molar-refractivity contribution is 0.0957. The molecule has 0 saturated carbocycles. The molecule has 1 aromatic heterocycles. The first-order chi connectivity index (χ1) is 11.8. The predicted octanol–water partition coefficient (Wildman–Crippen LogP) is 4.27. The Hall–Kier alpha value is -3.07. The number of carbonyl (C=O) groups excluding carboxylic acids is 1. The smallest absolute Gasteiger partial charge is 0.251 e. The van der Waals surface area contributed by atoms with Crippen LogP contribution in [0.1, 0.15) is 15.9 Å². The van der Waals surface area contributed by atoms with Gasteiger partial charge in [0.1, 0.15) is 0 Å². The highest BCUT2D eigenvalue weighted by molar-refractivity contribution is 6.10. The van der Waals surface area contributed by atoms with Gasteiger partial charge in [-0.2, -0.15) is 0 Å². The van der Waals surface area contributed by atoms with Gasteiger partial charge in [0.15, 0.2) is 0 Å². The second kappa shape index (κ2) is 4.96. The Morgan fingerprint density at radius 3 is 2.67 bits per heavy atom. The Morgan fingerprint density at radius 1 is 0.875 bits per heavy atom. The van der Waals surface area contributed by atoms with Crippen LogP contribution in [0.4, 0.5) is 0 Å². The van der Waals surface area contributed by atoms with Crippen LogP contribution < -0.4 is 5.32 Å². The average Bonchev–Trinajstić information content (AvgIpc) is 2.91. The van der Waals surface area contributed by atoms with Crippen molar-refractivity contribution in [3.05, 3.63) is 71.8 Å². The van der Waals surface area contributed by atoms with E-state index in [0.29, 0.717) is 6.54 Å². The van der Waals surface area contributed by atoms with E-state index in [1.165, 1.54) is 21.9 Å². The second-order valence-electron chi connectivity index (χ2n) is 6.27. The van der Waals surface area contributed by atoms with Crippen LogP contribution in [0, 0.1) is 0 Å². The minimum absolute atomic E-state index is 0.0170. The lowest BCUT2D eigenvalue weighted by atomic mass is 9.99. The molecule has 0 aliphatic carbocycles. The minimum atomic E-state index is 0.0170. The summed E-state index contributed by atoms with van der Waals surface area (Å²) in [6.07, 6.45) is 0.838. The van der Waals surface area contributed by atoms with E-state index in [1.54, 1.807) is 0 Å². The predicted molar refractivity (Wildman–Crippen MR) is 97.3 cm³/mol. The van der Waals surface area contributed by atoms with Crippen LogP contribution in [0.15, 0.2) is 60.7 Å². The Kier molecular flexibility index (Phi) is 2.77. The number of aromatic amines is 1. The topological polar surface area (TPSA) is 44.9 Å². The number of hydrogen-bond donors (Lipinski definition) is 2. The van der Waals surface area contributed by atoms with Crippen LogP contribution in [0.25, 0.3) is 32.9 Å². The maximum Gasteiger partial charge on any atom is 0.251 e. The van der Waals surface area contributed by atoms with E-state index in [1.807, 2.05) is 18.2 Å². The zero-order valence-electron chi connectivity index (χ0n) is 13.1. The number of hydrogen-bond acceptors (Lipinski definition) is 1. The molecular weight excluding hydrogens is 296 g/mol. The first kappa shape index (κ1) is 13.4. The number of fused-ring (bicyclic) bond motifs is 1.